The molecular weight excluding hydrogens is 308 g/mol. The Morgan fingerprint density at radius 1 is 1.25 bits per heavy atom. The van der Waals surface area contributed by atoms with Crippen LogP contribution in [0.25, 0.3) is 21.9 Å². The van der Waals surface area contributed by atoms with Crippen molar-refractivity contribution in [3.8, 4) is 17.2 Å². The molecule has 24 heavy (non-hydrogen) atoms. The number of benzene rings is 2. The highest BCUT2D eigenvalue weighted by atomic mass is 16.5. The van der Waals surface area contributed by atoms with Gasteiger partial charge in [0.05, 0.1) is 12.5 Å². The molecule has 0 fully saturated rings. The van der Waals surface area contributed by atoms with Crippen molar-refractivity contribution < 1.29 is 19.4 Å². The van der Waals surface area contributed by atoms with Gasteiger partial charge in [-0.15, -0.1) is 6.58 Å². The minimum atomic E-state index is -0.548. The second kappa shape index (κ2) is 5.30. The highest BCUT2D eigenvalue weighted by molar-refractivity contribution is 5.98. The zero-order valence-electron chi connectivity index (χ0n) is 13.7. The number of methoxy groups -OCH3 is 1. The van der Waals surface area contributed by atoms with Gasteiger partial charge in [0.15, 0.2) is 22.8 Å². The minimum Gasteiger partial charge on any atom is -0.504 e. The van der Waals surface area contributed by atoms with Gasteiger partial charge < -0.3 is 19.4 Å². The van der Waals surface area contributed by atoms with Gasteiger partial charge in [-0.1, -0.05) is 26.0 Å². The van der Waals surface area contributed by atoms with Gasteiger partial charge in [0.1, 0.15) is 11.0 Å². The summed E-state index contributed by atoms with van der Waals surface area (Å²) in [6.07, 6.45) is 1.72. The first kappa shape index (κ1) is 15.9. The van der Waals surface area contributed by atoms with Gasteiger partial charge in [0.2, 0.25) is 5.43 Å². The van der Waals surface area contributed by atoms with Crippen LogP contribution < -0.4 is 10.2 Å². The molecular formula is C19H18O5. The second-order valence-electron chi connectivity index (χ2n) is 6.19. The number of phenols is 2. The topological polar surface area (TPSA) is 79.9 Å². The average molecular weight is 326 g/mol. The Hall–Kier alpha value is -2.95. The van der Waals surface area contributed by atoms with Gasteiger partial charge in [0, 0.05) is 11.0 Å². The van der Waals surface area contributed by atoms with Crippen molar-refractivity contribution in [3.63, 3.8) is 0 Å². The third-order valence-electron chi connectivity index (χ3n) is 4.31. The summed E-state index contributed by atoms with van der Waals surface area (Å²) in [6, 6.07) is 6.15. The number of phenolic OH excluding ortho intramolecular Hbond substituents is 2. The number of ether oxygens (including phenoxy) is 1. The van der Waals surface area contributed by atoms with Gasteiger partial charge >= 0.3 is 0 Å². The number of para-hydroxylation sites is 1. The molecule has 0 amide bonds. The maximum Gasteiger partial charge on any atom is 0.204 e. The highest BCUT2D eigenvalue weighted by Crippen LogP contribution is 2.42. The first-order valence-electron chi connectivity index (χ1n) is 7.44. The number of hydrogen-bond donors (Lipinski definition) is 2. The van der Waals surface area contributed by atoms with Gasteiger partial charge in [-0.05, 0) is 18.2 Å². The van der Waals surface area contributed by atoms with Gasteiger partial charge in [-0.25, -0.2) is 0 Å². The van der Waals surface area contributed by atoms with Crippen molar-refractivity contribution >= 4 is 21.9 Å². The van der Waals surface area contributed by atoms with E-state index in [0.29, 0.717) is 5.56 Å². The number of hydrogen-bond acceptors (Lipinski definition) is 5. The molecule has 0 radical (unpaired) electrons. The Morgan fingerprint density at radius 2 is 1.96 bits per heavy atom. The third-order valence-corrected chi connectivity index (χ3v) is 4.31. The Labute approximate surface area is 138 Å². The molecule has 0 bridgehead atoms. The first-order chi connectivity index (χ1) is 11.3. The maximum absolute atomic E-state index is 12.9. The number of aromatic hydroxyl groups is 2. The molecule has 1 heterocycles. The van der Waals surface area contributed by atoms with E-state index in [9.17, 15) is 15.0 Å². The van der Waals surface area contributed by atoms with Crippen molar-refractivity contribution in [3.05, 3.63) is 52.7 Å². The summed E-state index contributed by atoms with van der Waals surface area (Å²) in [5.74, 6) is -0.237. The van der Waals surface area contributed by atoms with E-state index in [1.165, 1.54) is 19.2 Å². The standard InChI is InChI=1S/C19H18O5/c1-5-19(2,3)11-9-13(23-4)16(22)14-15(21)10-7-6-8-12(20)17(10)24-18(11)14/h5-9,20,22H,1H2,2-4H3. The quantitative estimate of drug-likeness (QED) is 0.565. The monoisotopic (exact) mass is 326 g/mol. The maximum atomic E-state index is 12.9. The molecule has 0 aliphatic rings. The summed E-state index contributed by atoms with van der Waals surface area (Å²) in [6.45, 7) is 7.63. The van der Waals surface area contributed by atoms with Crippen molar-refractivity contribution in [2.75, 3.05) is 7.11 Å². The zero-order valence-corrected chi connectivity index (χ0v) is 13.7. The van der Waals surface area contributed by atoms with E-state index in [4.69, 9.17) is 9.15 Å². The summed E-state index contributed by atoms with van der Waals surface area (Å²) in [5, 5.41) is 20.7. The van der Waals surface area contributed by atoms with Crippen LogP contribution in [0.15, 0.2) is 46.1 Å². The molecule has 0 spiro atoms. The Morgan fingerprint density at radius 3 is 2.58 bits per heavy atom. The van der Waals surface area contributed by atoms with Crippen LogP contribution in [0.4, 0.5) is 0 Å². The van der Waals surface area contributed by atoms with E-state index < -0.39 is 10.8 Å². The fraction of sp³-hybridized carbons (Fsp3) is 0.211. The predicted molar refractivity (Wildman–Crippen MR) is 93.1 cm³/mol. The molecule has 1 aromatic heterocycles. The average Bonchev–Trinajstić information content (AvgIpc) is 2.56. The Kier molecular flexibility index (Phi) is 3.52. The molecule has 0 aliphatic carbocycles. The smallest absolute Gasteiger partial charge is 0.204 e. The van der Waals surface area contributed by atoms with Crippen LogP contribution in [0.5, 0.6) is 17.2 Å². The van der Waals surface area contributed by atoms with E-state index in [-0.39, 0.29) is 39.2 Å². The molecule has 0 aliphatic heterocycles. The molecule has 0 atom stereocenters. The Balaban J connectivity index is 2.65. The minimum absolute atomic E-state index is 0.0253. The first-order valence-corrected chi connectivity index (χ1v) is 7.44. The normalized spacial score (nSPS) is 11.8. The lowest BCUT2D eigenvalue weighted by atomic mass is 9.83. The zero-order chi connectivity index (χ0) is 17.6. The van der Waals surface area contributed by atoms with Gasteiger partial charge in [-0.2, -0.15) is 0 Å². The van der Waals surface area contributed by atoms with E-state index in [0.717, 1.165) is 0 Å². The lowest BCUT2D eigenvalue weighted by molar-refractivity contribution is 0.374. The highest BCUT2D eigenvalue weighted by Gasteiger charge is 2.27. The van der Waals surface area contributed by atoms with Crippen LogP contribution in [0, 0.1) is 0 Å². The van der Waals surface area contributed by atoms with Crippen LogP contribution in [-0.2, 0) is 5.41 Å². The van der Waals surface area contributed by atoms with Crippen LogP contribution >= 0.6 is 0 Å². The van der Waals surface area contributed by atoms with E-state index in [1.54, 1.807) is 18.2 Å². The summed E-state index contributed by atoms with van der Waals surface area (Å²) in [5.41, 5.74) is -0.0605. The van der Waals surface area contributed by atoms with Crippen molar-refractivity contribution in [1.82, 2.24) is 0 Å². The van der Waals surface area contributed by atoms with Crippen LogP contribution in [0.3, 0.4) is 0 Å². The Bertz CT molecular complexity index is 1030. The van der Waals surface area contributed by atoms with Crippen molar-refractivity contribution in [2.45, 2.75) is 19.3 Å². The predicted octanol–water partition coefficient (Wildman–Crippen LogP) is 3.83. The van der Waals surface area contributed by atoms with Crippen molar-refractivity contribution in [2.24, 2.45) is 0 Å². The molecule has 124 valence electrons. The molecule has 0 saturated carbocycles. The van der Waals surface area contributed by atoms with Gasteiger partial charge in [-0.3, -0.25) is 4.79 Å². The van der Waals surface area contributed by atoms with Crippen molar-refractivity contribution in [1.29, 1.82) is 0 Å². The molecule has 3 rings (SSSR count). The summed E-state index contributed by atoms with van der Waals surface area (Å²) < 4.78 is 11.1. The van der Waals surface area contributed by atoms with Crippen LogP contribution in [-0.4, -0.2) is 17.3 Å². The molecule has 3 aromatic rings. The van der Waals surface area contributed by atoms with Gasteiger partial charge in [0.25, 0.3) is 0 Å². The molecule has 0 saturated heterocycles. The molecule has 5 nitrogen and oxygen atoms in total. The lowest BCUT2D eigenvalue weighted by Gasteiger charge is -2.23. The fourth-order valence-electron chi connectivity index (χ4n) is 2.74. The van der Waals surface area contributed by atoms with E-state index >= 15 is 0 Å². The largest absolute Gasteiger partial charge is 0.504 e. The SMILES string of the molecule is C=CC(C)(C)c1cc(OC)c(O)c2c(=O)c3cccc(O)c3oc12. The number of fused-ring (bicyclic) bond motifs is 2. The van der Waals surface area contributed by atoms with Crippen LogP contribution in [0.2, 0.25) is 0 Å². The van der Waals surface area contributed by atoms with E-state index in [1.807, 2.05) is 13.8 Å². The molecule has 0 unspecified atom stereocenters. The second-order valence-corrected chi connectivity index (χ2v) is 6.19. The fourth-order valence-corrected chi connectivity index (χ4v) is 2.74. The molecule has 2 N–H and O–H groups in total. The summed E-state index contributed by atoms with van der Waals surface area (Å²) >= 11 is 0. The lowest BCUT2D eigenvalue weighted by Crippen LogP contribution is -2.15. The number of rotatable bonds is 3. The molecule has 2 aromatic carbocycles. The molecule has 5 heteroatoms. The third kappa shape index (κ3) is 2.12. The number of allylic oxidation sites excluding steroid dienone is 1. The summed E-state index contributed by atoms with van der Waals surface area (Å²) in [7, 11) is 1.42. The van der Waals surface area contributed by atoms with Crippen LogP contribution in [0.1, 0.15) is 19.4 Å². The summed E-state index contributed by atoms with van der Waals surface area (Å²) in [4.78, 5) is 12.9. The van der Waals surface area contributed by atoms with E-state index in [2.05, 4.69) is 6.58 Å².